The summed E-state index contributed by atoms with van der Waals surface area (Å²) in [5, 5.41) is 2.00. The highest BCUT2D eigenvalue weighted by molar-refractivity contribution is 7.15. The first-order valence-electron chi connectivity index (χ1n) is 6.02. The number of thiazole rings is 1. The van der Waals surface area contributed by atoms with Crippen LogP contribution in [-0.4, -0.2) is 40.0 Å². The van der Waals surface area contributed by atoms with Gasteiger partial charge in [-0.25, -0.2) is 4.98 Å². The molecule has 98 valence electrons. The summed E-state index contributed by atoms with van der Waals surface area (Å²) in [4.78, 5) is 18.9. The van der Waals surface area contributed by atoms with Gasteiger partial charge in [-0.1, -0.05) is 6.92 Å². The number of carbonyl (C=O) groups excluding carboxylic acids is 1. The second-order valence-corrected chi connectivity index (χ2v) is 4.81. The van der Waals surface area contributed by atoms with Crippen LogP contribution in [0.5, 0.6) is 0 Å². The highest BCUT2D eigenvalue weighted by Crippen LogP contribution is 2.12. The lowest BCUT2D eigenvalue weighted by Crippen LogP contribution is -2.30. The molecule has 0 aliphatic heterocycles. The van der Waals surface area contributed by atoms with Gasteiger partial charge in [0.2, 0.25) is 0 Å². The van der Waals surface area contributed by atoms with Gasteiger partial charge in [-0.2, -0.15) is 0 Å². The Kier molecular flexibility index (Phi) is 4.33. The number of fused-ring (bicyclic) bond motifs is 1. The molecule has 0 aliphatic carbocycles. The lowest BCUT2D eigenvalue weighted by atomic mass is 10.4. The summed E-state index contributed by atoms with van der Waals surface area (Å²) >= 11 is 1.61. The first-order valence-corrected chi connectivity index (χ1v) is 6.90. The maximum Gasteiger partial charge on any atom is 0.320 e. The van der Waals surface area contributed by atoms with Crippen molar-refractivity contribution in [3.63, 3.8) is 0 Å². The van der Waals surface area contributed by atoms with Crippen LogP contribution >= 0.6 is 11.3 Å². The minimum atomic E-state index is -0.180. The molecule has 2 aromatic heterocycles. The highest BCUT2D eigenvalue weighted by Gasteiger charge is 2.12. The van der Waals surface area contributed by atoms with E-state index in [1.165, 1.54) is 0 Å². The molecule has 0 atom stereocenters. The Hall–Kier alpha value is -1.40. The van der Waals surface area contributed by atoms with Crippen LogP contribution in [0, 0.1) is 0 Å². The van der Waals surface area contributed by atoms with E-state index in [0.29, 0.717) is 19.7 Å². The van der Waals surface area contributed by atoms with Gasteiger partial charge in [0.25, 0.3) is 0 Å². The summed E-state index contributed by atoms with van der Waals surface area (Å²) in [6.07, 6.45) is 3.98. The summed E-state index contributed by atoms with van der Waals surface area (Å²) in [6.45, 7) is 6.05. The van der Waals surface area contributed by atoms with Crippen LogP contribution in [0.3, 0.4) is 0 Å². The van der Waals surface area contributed by atoms with E-state index in [0.717, 1.165) is 17.2 Å². The summed E-state index contributed by atoms with van der Waals surface area (Å²) < 4.78 is 6.95. The van der Waals surface area contributed by atoms with Crippen molar-refractivity contribution in [1.82, 2.24) is 14.3 Å². The van der Waals surface area contributed by atoms with Crippen molar-refractivity contribution in [3.05, 3.63) is 23.5 Å². The predicted octanol–water partition coefficient (Wildman–Crippen LogP) is 1.78. The molecule has 2 aromatic rings. The lowest BCUT2D eigenvalue weighted by molar-refractivity contribution is -0.144. The molecular formula is C12H17N3O2S. The zero-order valence-corrected chi connectivity index (χ0v) is 11.4. The van der Waals surface area contributed by atoms with Crippen molar-refractivity contribution < 1.29 is 9.53 Å². The maximum atomic E-state index is 11.4. The lowest BCUT2D eigenvalue weighted by Gasteiger charge is -2.17. The molecule has 0 aliphatic rings. The second-order valence-electron chi connectivity index (χ2n) is 3.93. The molecule has 0 fully saturated rings. The third kappa shape index (κ3) is 3.08. The fourth-order valence-corrected chi connectivity index (χ4v) is 2.47. The molecule has 18 heavy (non-hydrogen) atoms. The number of imidazole rings is 1. The first-order chi connectivity index (χ1) is 8.72. The smallest absolute Gasteiger partial charge is 0.320 e. The number of likely N-dealkylation sites (N-methyl/N-ethyl adjacent to an activating group) is 1. The second kappa shape index (κ2) is 5.97. The molecular weight excluding hydrogens is 250 g/mol. The SMILES string of the molecule is CCOC(=O)CN(CC)Cc1cn2ccsc2n1. The third-order valence-electron chi connectivity index (χ3n) is 2.63. The van der Waals surface area contributed by atoms with Gasteiger partial charge in [0.1, 0.15) is 0 Å². The molecule has 0 N–H and O–H groups in total. The topological polar surface area (TPSA) is 46.8 Å². The van der Waals surface area contributed by atoms with Crippen molar-refractivity contribution >= 4 is 22.3 Å². The highest BCUT2D eigenvalue weighted by atomic mass is 32.1. The van der Waals surface area contributed by atoms with Gasteiger partial charge in [-0.3, -0.25) is 14.1 Å². The number of nitrogens with zero attached hydrogens (tertiary/aromatic N) is 3. The average Bonchev–Trinajstić information content (AvgIpc) is 2.88. The Labute approximate surface area is 110 Å². The van der Waals surface area contributed by atoms with Crippen LogP contribution in [0.4, 0.5) is 0 Å². The molecule has 0 spiro atoms. The molecule has 0 amide bonds. The van der Waals surface area contributed by atoms with Gasteiger partial charge in [-0.05, 0) is 13.5 Å². The molecule has 2 heterocycles. The van der Waals surface area contributed by atoms with Crippen LogP contribution in [0.15, 0.2) is 17.8 Å². The fourth-order valence-electron chi connectivity index (χ4n) is 1.75. The molecule has 5 nitrogen and oxygen atoms in total. The molecule has 0 unspecified atom stereocenters. The third-order valence-corrected chi connectivity index (χ3v) is 3.40. The van der Waals surface area contributed by atoms with Crippen LogP contribution in [0.25, 0.3) is 4.96 Å². The van der Waals surface area contributed by atoms with E-state index in [1.54, 1.807) is 11.3 Å². The minimum Gasteiger partial charge on any atom is -0.465 e. The Morgan fingerprint density at radius 3 is 3.06 bits per heavy atom. The van der Waals surface area contributed by atoms with Gasteiger partial charge in [0.05, 0.1) is 18.8 Å². The molecule has 0 saturated carbocycles. The fraction of sp³-hybridized carbons (Fsp3) is 0.500. The van der Waals surface area contributed by atoms with E-state index in [9.17, 15) is 4.79 Å². The largest absolute Gasteiger partial charge is 0.465 e. The van der Waals surface area contributed by atoms with Gasteiger partial charge < -0.3 is 4.74 Å². The molecule has 2 rings (SSSR count). The van der Waals surface area contributed by atoms with Crippen molar-refractivity contribution in [2.24, 2.45) is 0 Å². The number of hydrogen-bond donors (Lipinski definition) is 0. The molecule has 0 saturated heterocycles. The van der Waals surface area contributed by atoms with E-state index in [2.05, 4.69) is 4.98 Å². The zero-order valence-electron chi connectivity index (χ0n) is 10.6. The Bertz CT molecular complexity index is 492. The molecule has 0 radical (unpaired) electrons. The van der Waals surface area contributed by atoms with Gasteiger partial charge >= 0.3 is 5.97 Å². The number of carbonyl (C=O) groups is 1. The van der Waals surface area contributed by atoms with E-state index in [-0.39, 0.29) is 5.97 Å². The molecule has 0 bridgehead atoms. The quantitative estimate of drug-likeness (QED) is 0.749. The van der Waals surface area contributed by atoms with E-state index in [4.69, 9.17) is 4.74 Å². The predicted molar refractivity (Wildman–Crippen MR) is 70.7 cm³/mol. The maximum absolute atomic E-state index is 11.4. The molecule has 0 aromatic carbocycles. The molecule has 6 heteroatoms. The average molecular weight is 267 g/mol. The first kappa shape index (κ1) is 13.0. The van der Waals surface area contributed by atoms with Crippen LogP contribution in [0.1, 0.15) is 19.5 Å². The number of aromatic nitrogens is 2. The number of hydrogen-bond acceptors (Lipinski definition) is 5. The summed E-state index contributed by atoms with van der Waals surface area (Å²) in [5.41, 5.74) is 0.980. The van der Waals surface area contributed by atoms with Crippen molar-refractivity contribution in [2.75, 3.05) is 19.7 Å². The van der Waals surface area contributed by atoms with Gasteiger partial charge in [0, 0.05) is 24.3 Å². The van der Waals surface area contributed by atoms with Gasteiger partial charge in [0.15, 0.2) is 4.96 Å². The number of ether oxygens (including phenoxy) is 1. The monoisotopic (exact) mass is 267 g/mol. The van der Waals surface area contributed by atoms with Crippen molar-refractivity contribution in [1.29, 1.82) is 0 Å². The summed E-state index contributed by atoms with van der Waals surface area (Å²) in [5.74, 6) is -0.180. The minimum absolute atomic E-state index is 0.180. The Balaban J connectivity index is 1.97. The van der Waals surface area contributed by atoms with E-state index >= 15 is 0 Å². The van der Waals surface area contributed by atoms with Crippen molar-refractivity contribution in [3.8, 4) is 0 Å². The van der Waals surface area contributed by atoms with E-state index < -0.39 is 0 Å². The number of rotatable bonds is 6. The summed E-state index contributed by atoms with van der Waals surface area (Å²) in [7, 11) is 0. The van der Waals surface area contributed by atoms with Crippen molar-refractivity contribution in [2.45, 2.75) is 20.4 Å². The summed E-state index contributed by atoms with van der Waals surface area (Å²) in [6, 6.07) is 0. The van der Waals surface area contributed by atoms with E-state index in [1.807, 2.05) is 40.9 Å². The number of esters is 1. The normalized spacial score (nSPS) is 11.3. The van der Waals surface area contributed by atoms with Crippen LogP contribution in [-0.2, 0) is 16.1 Å². The Morgan fingerprint density at radius 2 is 2.39 bits per heavy atom. The van der Waals surface area contributed by atoms with Crippen LogP contribution in [0.2, 0.25) is 0 Å². The van der Waals surface area contributed by atoms with Gasteiger partial charge in [-0.15, -0.1) is 11.3 Å². The Morgan fingerprint density at radius 1 is 1.56 bits per heavy atom. The standard InChI is InChI=1S/C12H17N3O2S/c1-3-14(9-11(16)17-4-2)7-10-8-15-5-6-18-12(15)13-10/h5-6,8H,3-4,7,9H2,1-2H3. The van der Waals surface area contributed by atoms with Crippen LogP contribution < -0.4 is 0 Å². The zero-order chi connectivity index (χ0) is 13.0.